The Kier molecular flexibility index (Phi) is 3.56. The van der Waals surface area contributed by atoms with E-state index in [0.717, 1.165) is 19.4 Å². The molecule has 1 N–H and O–H groups in total. The lowest BCUT2D eigenvalue weighted by Gasteiger charge is -2.35. The van der Waals surface area contributed by atoms with Gasteiger partial charge in [0.25, 0.3) is 0 Å². The minimum atomic E-state index is -0.284. The summed E-state index contributed by atoms with van der Waals surface area (Å²) in [5, 5.41) is 3.19. The zero-order valence-electron chi connectivity index (χ0n) is 5.69. The number of piperidine rings is 1. The van der Waals surface area contributed by atoms with Crippen molar-refractivity contribution in [1.82, 2.24) is 5.32 Å². The first-order valence-corrected chi connectivity index (χ1v) is 5.76. The normalized spacial score (nSPS) is 36.6. The van der Waals surface area contributed by atoms with Crippen LogP contribution in [0.5, 0.6) is 0 Å². The van der Waals surface area contributed by atoms with E-state index in [4.69, 9.17) is 0 Å². The molecule has 5 heteroatoms. The van der Waals surface area contributed by atoms with Gasteiger partial charge < -0.3 is 10.1 Å². The maximum absolute atomic E-state index is 10.7. The highest BCUT2D eigenvalue weighted by Gasteiger charge is 2.40. The van der Waals surface area contributed by atoms with Crippen molar-refractivity contribution < 1.29 is 4.79 Å². The van der Waals surface area contributed by atoms with E-state index in [1.807, 2.05) is 0 Å². The van der Waals surface area contributed by atoms with Crippen LogP contribution in [0, 0.1) is 5.92 Å². The van der Waals surface area contributed by atoms with Gasteiger partial charge in [-0.15, -0.1) is 0 Å². The summed E-state index contributed by atoms with van der Waals surface area (Å²) in [6, 6.07) is 0. The Morgan fingerprint density at radius 2 is 2.18 bits per heavy atom. The Bertz CT molecular complexity index is 162. The van der Waals surface area contributed by atoms with Crippen LogP contribution in [0.15, 0.2) is 0 Å². The fraction of sp³-hybridized carbons (Fsp3) is 0.833. The van der Waals surface area contributed by atoms with Crippen molar-refractivity contribution in [3.05, 3.63) is 0 Å². The fourth-order valence-electron chi connectivity index (χ4n) is 1.07. The SMILES string of the molecule is O=CC1C(Br)CNCC1(Br)Br. The number of aldehydes is 1. The van der Waals surface area contributed by atoms with Gasteiger partial charge in [-0.3, -0.25) is 0 Å². The molecule has 1 heterocycles. The van der Waals surface area contributed by atoms with E-state index in [1.54, 1.807) is 0 Å². The van der Waals surface area contributed by atoms with Crippen LogP contribution in [0.3, 0.4) is 0 Å². The summed E-state index contributed by atoms with van der Waals surface area (Å²) in [5.74, 6) is -0.0243. The van der Waals surface area contributed by atoms with Gasteiger partial charge in [-0.25, -0.2) is 0 Å². The van der Waals surface area contributed by atoms with Crippen LogP contribution < -0.4 is 5.32 Å². The van der Waals surface area contributed by atoms with Crippen LogP contribution in [0.4, 0.5) is 0 Å². The summed E-state index contributed by atoms with van der Waals surface area (Å²) >= 11 is 10.3. The third kappa shape index (κ3) is 2.26. The molecule has 1 saturated heterocycles. The van der Waals surface area contributed by atoms with Gasteiger partial charge >= 0.3 is 0 Å². The van der Waals surface area contributed by atoms with E-state index in [2.05, 4.69) is 53.1 Å². The molecule has 1 aliphatic rings. The van der Waals surface area contributed by atoms with Gasteiger partial charge in [0.1, 0.15) is 9.52 Å². The zero-order valence-corrected chi connectivity index (χ0v) is 10.4. The minimum Gasteiger partial charge on any atom is -0.313 e. The average Bonchev–Trinajstić information content (AvgIpc) is 1.86. The monoisotopic (exact) mass is 347 g/mol. The molecule has 0 aliphatic carbocycles. The predicted molar refractivity (Wildman–Crippen MR) is 55.7 cm³/mol. The Morgan fingerprint density at radius 3 is 2.55 bits per heavy atom. The molecule has 0 bridgehead atoms. The van der Waals surface area contributed by atoms with Crippen molar-refractivity contribution in [2.45, 2.75) is 8.06 Å². The molecule has 1 rings (SSSR count). The molecule has 0 amide bonds. The molecule has 2 nitrogen and oxygen atoms in total. The van der Waals surface area contributed by atoms with E-state index in [-0.39, 0.29) is 14.0 Å². The van der Waals surface area contributed by atoms with Gasteiger partial charge in [-0.05, 0) is 0 Å². The molecule has 0 spiro atoms. The van der Waals surface area contributed by atoms with Gasteiger partial charge in [0.15, 0.2) is 0 Å². The van der Waals surface area contributed by atoms with Gasteiger partial charge in [-0.1, -0.05) is 47.8 Å². The second kappa shape index (κ2) is 3.85. The van der Waals surface area contributed by atoms with Crippen molar-refractivity contribution in [3.8, 4) is 0 Å². The molecule has 1 fully saturated rings. The lowest BCUT2D eigenvalue weighted by Crippen LogP contribution is -2.50. The third-order valence-corrected chi connectivity index (χ3v) is 4.24. The Balaban J connectivity index is 2.72. The van der Waals surface area contributed by atoms with E-state index in [1.165, 1.54) is 0 Å². The largest absolute Gasteiger partial charge is 0.313 e. The Hall–Kier alpha value is 1.07. The molecular weight excluding hydrogens is 342 g/mol. The molecular formula is C6H8Br3NO. The van der Waals surface area contributed by atoms with Crippen LogP contribution in [0.25, 0.3) is 0 Å². The zero-order chi connectivity index (χ0) is 8.48. The molecule has 1 aliphatic heterocycles. The number of rotatable bonds is 1. The molecule has 11 heavy (non-hydrogen) atoms. The summed E-state index contributed by atoms with van der Waals surface area (Å²) in [7, 11) is 0. The molecule has 0 aromatic carbocycles. The quantitative estimate of drug-likeness (QED) is 0.576. The first-order valence-electron chi connectivity index (χ1n) is 3.26. The predicted octanol–water partition coefficient (Wildman–Crippen LogP) is 1.65. The standard InChI is InChI=1S/C6H8Br3NO/c7-5-1-10-3-6(8,9)4(5)2-11/h2,4-5,10H,1,3H2. The molecule has 0 aromatic heterocycles. The van der Waals surface area contributed by atoms with Crippen LogP contribution in [-0.4, -0.2) is 27.4 Å². The van der Waals surface area contributed by atoms with Crippen LogP contribution in [0.2, 0.25) is 0 Å². The lowest BCUT2D eigenvalue weighted by atomic mass is 10.00. The number of carbonyl (C=O) groups is 1. The van der Waals surface area contributed by atoms with Crippen LogP contribution >= 0.6 is 47.8 Å². The Labute approximate surface area is 90.9 Å². The first-order chi connectivity index (χ1) is 5.08. The van der Waals surface area contributed by atoms with E-state index >= 15 is 0 Å². The van der Waals surface area contributed by atoms with Gasteiger partial charge in [0, 0.05) is 17.9 Å². The van der Waals surface area contributed by atoms with E-state index in [9.17, 15) is 4.79 Å². The van der Waals surface area contributed by atoms with Crippen molar-refractivity contribution >= 4 is 54.1 Å². The van der Waals surface area contributed by atoms with Gasteiger partial charge in [0.2, 0.25) is 0 Å². The van der Waals surface area contributed by atoms with Crippen molar-refractivity contribution in [3.63, 3.8) is 0 Å². The van der Waals surface area contributed by atoms with Gasteiger partial charge in [0.05, 0.1) is 5.92 Å². The van der Waals surface area contributed by atoms with Gasteiger partial charge in [-0.2, -0.15) is 0 Å². The maximum atomic E-state index is 10.7. The maximum Gasteiger partial charge on any atom is 0.126 e. The van der Waals surface area contributed by atoms with Crippen LogP contribution in [0.1, 0.15) is 0 Å². The second-order valence-electron chi connectivity index (χ2n) is 2.57. The summed E-state index contributed by atoms with van der Waals surface area (Å²) < 4.78 is -0.284. The smallest absolute Gasteiger partial charge is 0.126 e. The topological polar surface area (TPSA) is 29.1 Å². The first kappa shape index (κ1) is 10.2. The molecule has 0 radical (unpaired) electrons. The number of hydrogen-bond donors (Lipinski definition) is 1. The Morgan fingerprint density at radius 1 is 1.55 bits per heavy atom. The second-order valence-corrected chi connectivity index (χ2v) is 7.64. The number of alkyl halides is 3. The van der Waals surface area contributed by atoms with Crippen molar-refractivity contribution in [1.29, 1.82) is 0 Å². The molecule has 2 unspecified atom stereocenters. The summed E-state index contributed by atoms with van der Waals surface area (Å²) in [5.41, 5.74) is 0. The molecule has 0 aromatic rings. The minimum absolute atomic E-state index is 0.0243. The van der Waals surface area contributed by atoms with Crippen molar-refractivity contribution in [2.75, 3.05) is 13.1 Å². The fourth-order valence-corrected chi connectivity index (χ4v) is 3.84. The molecule has 2 atom stereocenters. The average molecular weight is 350 g/mol. The lowest BCUT2D eigenvalue weighted by molar-refractivity contribution is -0.111. The summed E-state index contributed by atoms with van der Waals surface area (Å²) in [6.45, 7) is 1.60. The van der Waals surface area contributed by atoms with Crippen molar-refractivity contribution in [2.24, 2.45) is 5.92 Å². The molecule has 0 saturated carbocycles. The summed E-state index contributed by atoms with van der Waals surface area (Å²) in [6.07, 6.45) is 0.976. The highest BCUT2D eigenvalue weighted by molar-refractivity contribution is 9.25. The van der Waals surface area contributed by atoms with Crippen LogP contribution in [-0.2, 0) is 4.79 Å². The highest BCUT2D eigenvalue weighted by Crippen LogP contribution is 2.39. The third-order valence-electron chi connectivity index (χ3n) is 1.72. The van der Waals surface area contributed by atoms with E-state index in [0.29, 0.717) is 0 Å². The molecule has 64 valence electrons. The number of hydrogen-bond acceptors (Lipinski definition) is 2. The number of halogens is 3. The summed E-state index contributed by atoms with van der Waals surface area (Å²) in [4.78, 5) is 10.9. The number of carbonyl (C=O) groups excluding carboxylic acids is 1. The highest BCUT2D eigenvalue weighted by atomic mass is 79.9. The number of nitrogens with one attached hydrogen (secondary N) is 1. The van der Waals surface area contributed by atoms with E-state index < -0.39 is 0 Å².